The quantitative estimate of drug-likeness (QED) is 0.664. The number of nitrogens with zero attached hydrogens (tertiary/aromatic N) is 3. The van der Waals surface area contributed by atoms with E-state index < -0.39 is 0 Å². The minimum atomic E-state index is 0.231. The lowest BCUT2D eigenvalue weighted by Crippen LogP contribution is -1.98. The molecule has 0 unspecified atom stereocenters. The van der Waals surface area contributed by atoms with Crippen LogP contribution in [0.4, 0.5) is 5.69 Å². The molecule has 0 amide bonds. The van der Waals surface area contributed by atoms with Crippen LogP contribution in [0.1, 0.15) is 11.1 Å². The lowest BCUT2D eigenvalue weighted by atomic mass is 10.2. The van der Waals surface area contributed by atoms with E-state index in [1.54, 1.807) is 24.5 Å². The fraction of sp³-hybridized carbons (Fsp3) is 0.0833. The number of hydrogen-bond acceptors (Lipinski definition) is 5. The minimum absolute atomic E-state index is 0.231. The molecule has 1 heterocycles. The predicted molar refractivity (Wildman–Crippen MR) is 75.1 cm³/mol. The molecular weight excluding hydrogens is 343 g/mol. The first-order valence-corrected chi connectivity index (χ1v) is 6.13. The first-order valence-electron chi connectivity index (χ1n) is 5.06. The summed E-state index contributed by atoms with van der Waals surface area (Å²) >= 11 is 2.06. The van der Waals surface area contributed by atoms with Gasteiger partial charge in [0.15, 0.2) is 5.75 Å². The number of halogens is 1. The Morgan fingerprint density at radius 3 is 2.56 bits per heavy atom. The summed E-state index contributed by atoms with van der Waals surface area (Å²) < 4.78 is 6.27. The third-order valence-electron chi connectivity index (χ3n) is 2.15. The highest BCUT2D eigenvalue weighted by Crippen LogP contribution is 2.32. The van der Waals surface area contributed by atoms with Gasteiger partial charge in [-0.15, -0.1) is 0 Å². The maximum Gasteiger partial charge on any atom is 0.321 e. The largest absolute Gasteiger partial charge is 0.421 e. The van der Waals surface area contributed by atoms with Crippen molar-refractivity contribution in [3.63, 3.8) is 0 Å². The van der Waals surface area contributed by atoms with Gasteiger partial charge >= 0.3 is 6.01 Å². The van der Waals surface area contributed by atoms with Crippen LogP contribution in [-0.2, 0) is 0 Å². The average molecular weight is 352 g/mol. The molecule has 1 aromatic heterocycles. The van der Waals surface area contributed by atoms with E-state index in [1.165, 1.54) is 0 Å². The van der Waals surface area contributed by atoms with Crippen molar-refractivity contribution < 1.29 is 4.74 Å². The monoisotopic (exact) mass is 352 g/mol. The number of nitrogen functional groups attached to an aromatic ring is 1. The van der Waals surface area contributed by atoms with Crippen molar-refractivity contribution >= 4 is 28.3 Å². The number of benzene rings is 1. The van der Waals surface area contributed by atoms with Gasteiger partial charge in [-0.1, -0.05) is 0 Å². The minimum Gasteiger partial charge on any atom is -0.421 e. The highest BCUT2D eigenvalue weighted by Gasteiger charge is 2.10. The number of aryl methyl sites for hydroxylation is 1. The second-order valence-corrected chi connectivity index (χ2v) is 4.80. The summed E-state index contributed by atoms with van der Waals surface area (Å²) in [6, 6.07) is 5.52. The second-order valence-electron chi connectivity index (χ2n) is 3.63. The van der Waals surface area contributed by atoms with Gasteiger partial charge in [-0.05, 0) is 47.2 Å². The first-order chi connectivity index (χ1) is 8.60. The summed E-state index contributed by atoms with van der Waals surface area (Å²) in [6.07, 6.45) is 3.32. The van der Waals surface area contributed by atoms with Gasteiger partial charge in [-0.3, -0.25) is 0 Å². The molecule has 0 radical (unpaired) electrons. The number of rotatable bonds is 2. The van der Waals surface area contributed by atoms with E-state index in [4.69, 9.17) is 15.7 Å². The van der Waals surface area contributed by atoms with Crippen molar-refractivity contribution in [2.24, 2.45) is 0 Å². The van der Waals surface area contributed by atoms with Crippen LogP contribution in [-0.4, -0.2) is 9.97 Å². The Morgan fingerprint density at radius 2 is 2.00 bits per heavy atom. The van der Waals surface area contributed by atoms with Gasteiger partial charge in [0.25, 0.3) is 0 Å². The average Bonchev–Trinajstić information content (AvgIpc) is 2.35. The molecule has 0 saturated heterocycles. The van der Waals surface area contributed by atoms with Crippen LogP contribution in [0.15, 0.2) is 24.5 Å². The molecule has 1 aromatic carbocycles. The molecule has 0 spiro atoms. The maximum atomic E-state index is 8.82. The molecule has 0 aliphatic carbocycles. The number of nitriles is 1. The molecule has 5 nitrogen and oxygen atoms in total. The Hall–Kier alpha value is -1.88. The third-order valence-corrected chi connectivity index (χ3v) is 2.95. The standard InChI is InChI=1S/C12H9IN4O/c1-7-5-16-12(17-6-7)18-11-9(13)2-8(4-14)3-10(11)15/h2-3,5-6H,15H2,1H3. The van der Waals surface area contributed by atoms with Gasteiger partial charge in [0.2, 0.25) is 0 Å². The van der Waals surface area contributed by atoms with Crippen molar-refractivity contribution in [1.82, 2.24) is 9.97 Å². The molecule has 0 aliphatic heterocycles. The molecule has 0 bridgehead atoms. The van der Waals surface area contributed by atoms with Gasteiger partial charge in [-0.2, -0.15) is 5.26 Å². The molecule has 6 heteroatoms. The van der Waals surface area contributed by atoms with Gasteiger partial charge in [0.05, 0.1) is 20.9 Å². The molecule has 0 aliphatic rings. The fourth-order valence-electron chi connectivity index (χ4n) is 1.31. The SMILES string of the molecule is Cc1cnc(Oc2c(N)cc(C#N)cc2I)nc1. The van der Waals surface area contributed by atoms with Crippen LogP contribution in [0.2, 0.25) is 0 Å². The zero-order valence-corrected chi connectivity index (χ0v) is 11.7. The number of hydrogen-bond donors (Lipinski definition) is 1. The molecular formula is C12H9IN4O. The van der Waals surface area contributed by atoms with Crippen molar-refractivity contribution in [1.29, 1.82) is 5.26 Å². The number of nitrogens with two attached hydrogens (primary N) is 1. The van der Waals surface area contributed by atoms with Crippen molar-refractivity contribution in [2.75, 3.05) is 5.73 Å². The highest BCUT2D eigenvalue weighted by molar-refractivity contribution is 14.1. The highest BCUT2D eigenvalue weighted by atomic mass is 127. The fourth-order valence-corrected chi connectivity index (χ4v) is 2.07. The van der Waals surface area contributed by atoms with E-state index in [2.05, 4.69) is 32.6 Å². The summed E-state index contributed by atoms with van der Waals surface area (Å²) in [5.74, 6) is 0.471. The molecule has 0 saturated carbocycles. The van der Waals surface area contributed by atoms with Gasteiger partial charge in [0.1, 0.15) is 0 Å². The van der Waals surface area contributed by atoms with E-state index in [9.17, 15) is 0 Å². The van der Waals surface area contributed by atoms with E-state index in [-0.39, 0.29) is 6.01 Å². The molecule has 0 fully saturated rings. The summed E-state index contributed by atoms with van der Waals surface area (Å²) in [6.45, 7) is 1.89. The molecule has 18 heavy (non-hydrogen) atoms. The molecule has 2 N–H and O–H groups in total. The van der Waals surface area contributed by atoms with Gasteiger partial charge in [-0.25, -0.2) is 9.97 Å². The Balaban J connectivity index is 2.35. The number of aromatic nitrogens is 2. The Bertz CT molecular complexity index is 596. The summed E-state index contributed by atoms with van der Waals surface area (Å²) in [7, 11) is 0. The molecule has 2 rings (SSSR count). The van der Waals surface area contributed by atoms with Gasteiger partial charge < -0.3 is 10.5 Å². The van der Waals surface area contributed by atoms with Crippen LogP contribution in [0.5, 0.6) is 11.8 Å². The van der Waals surface area contributed by atoms with E-state index >= 15 is 0 Å². The summed E-state index contributed by atoms with van der Waals surface area (Å²) in [5, 5.41) is 8.82. The number of anilines is 1. The Labute approximate surface area is 118 Å². The summed E-state index contributed by atoms with van der Waals surface area (Å²) in [5.41, 5.74) is 7.67. The topological polar surface area (TPSA) is 84.8 Å². The Morgan fingerprint density at radius 1 is 1.33 bits per heavy atom. The van der Waals surface area contributed by atoms with Crippen molar-refractivity contribution in [3.8, 4) is 17.8 Å². The van der Waals surface area contributed by atoms with Crippen LogP contribution in [0.3, 0.4) is 0 Å². The van der Waals surface area contributed by atoms with Crippen LogP contribution in [0.25, 0.3) is 0 Å². The van der Waals surface area contributed by atoms with Crippen LogP contribution in [0, 0.1) is 21.8 Å². The third kappa shape index (κ3) is 2.68. The zero-order valence-electron chi connectivity index (χ0n) is 9.51. The second kappa shape index (κ2) is 5.18. The lowest BCUT2D eigenvalue weighted by Gasteiger charge is -2.09. The molecule has 2 aromatic rings. The van der Waals surface area contributed by atoms with Crippen LogP contribution < -0.4 is 10.5 Å². The summed E-state index contributed by atoms with van der Waals surface area (Å²) in [4.78, 5) is 8.08. The van der Waals surface area contributed by atoms with Crippen molar-refractivity contribution in [2.45, 2.75) is 6.92 Å². The van der Waals surface area contributed by atoms with Crippen LogP contribution >= 0.6 is 22.6 Å². The first kappa shape index (κ1) is 12.6. The van der Waals surface area contributed by atoms with E-state index in [1.807, 2.05) is 13.0 Å². The maximum absolute atomic E-state index is 8.82. The Kier molecular flexibility index (Phi) is 3.62. The smallest absolute Gasteiger partial charge is 0.321 e. The van der Waals surface area contributed by atoms with Gasteiger partial charge in [0, 0.05) is 12.4 Å². The lowest BCUT2D eigenvalue weighted by molar-refractivity contribution is 0.440. The normalized spacial score (nSPS) is 9.83. The van der Waals surface area contributed by atoms with E-state index in [0.29, 0.717) is 17.0 Å². The van der Waals surface area contributed by atoms with E-state index in [0.717, 1.165) is 9.13 Å². The molecule has 90 valence electrons. The van der Waals surface area contributed by atoms with Crippen molar-refractivity contribution in [3.05, 3.63) is 39.2 Å². The zero-order chi connectivity index (χ0) is 13.1. The number of ether oxygens (including phenoxy) is 1. The molecule has 0 atom stereocenters. The predicted octanol–water partition coefficient (Wildman–Crippen LogP) is 2.64.